The van der Waals surface area contributed by atoms with Crippen LogP contribution in [-0.2, 0) is 23.0 Å². The number of halogens is 10. The van der Waals surface area contributed by atoms with E-state index in [2.05, 4.69) is 31.9 Å². The largest absolute Gasteiger partial charge is 0.419 e. The van der Waals surface area contributed by atoms with E-state index in [9.17, 15) is 39.9 Å². The van der Waals surface area contributed by atoms with Crippen molar-refractivity contribution in [2.24, 2.45) is 0 Å². The smallest absolute Gasteiger partial charge is 0.288 e. The fraction of sp³-hybridized carbons (Fsp3) is 0.235. The summed E-state index contributed by atoms with van der Waals surface area (Å²) in [5.41, 5.74) is -6.90. The standard InChI is InChI=1S/C17H8Br2F8O/c18-5-7-1-3-9(13(20)11(7)16(22,23)24)15(28)10-4-2-8(6-19)12(14(10)21)17(25,26)27/h1-4H,5-6H2. The lowest BCUT2D eigenvalue weighted by Gasteiger charge is -2.17. The number of rotatable bonds is 4. The van der Waals surface area contributed by atoms with Crippen molar-refractivity contribution in [1.29, 1.82) is 0 Å². The Labute approximate surface area is 170 Å². The first-order valence-electron chi connectivity index (χ1n) is 7.28. The van der Waals surface area contributed by atoms with Crippen LogP contribution in [0, 0.1) is 11.6 Å². The minimum absolute atomic E-state index is 0.389. The summed E-state index contributed by atoms with van der Waals surface area (Å²) in [5, 5.41) is -0.778. The van der Waals surface area contributed by atoms with E-state index < -0.39 is 63.2 Å². The van der Waals surface area contributed by atoms with Crippen LogP contribution < -0.4 is 0 Å². The molecule has 0 heterocycles. The van der Waals surface area contributed by atoms with Gasteiger partial charge in [0.2, 0.25) is 0 Å². The highest BCUT2D eigenvalue weighted by molar-refractivity contribution is 9.08. The average molecular weight is 540 g/mol. The van der Waals surface area contributed by atoms with E-state index in [0.717, 1.165) is 12.1 Å². The highest BCUT2D eigenvalue weighted by atomic mass is 79.9. The first-order chi connectivity index (χ1) is 12.8. The van der Waals surface area contributed by atoms with Crippen molar-refractivity contribution >= 4 is 37.6 Å². The van der Waals surface area contributed by atoms with Crippen LogP contribution >= 0.6 is 31.9 Å². The zero-order valence-electron chi connectivity index (χ0n) is 13.4. The molecule has 0 radical (unpaired) electrons. The van der Waals surface area contributed by atoms with Gasteiger partial charge in [0.1, 0.15) is 11.6 Å². The molecule has 0 atom stereocenters. The van der Waals surface area contributed by atoms with Crippen LogP contribution in [0.2, 0.25) is 0 Å². The minimum atomic E-state index is -5.17. The number of carbonyl (C=O) groups excluding carboxylic acids is 1. The third kappa shape index (κ3) is 4.24. The number of hydrogen-bond donors (Lipinski definition) is 0. The predicted octanol–water partition coefficient (Wildman–Crippen LogP) is 7.02. The average Bonchev–Trinajstić information content (AvgIpc) is 2.58. The maximum absolute atomic E-state index is 14.4. The molecule has 0 saturated heterocycles. The van der Waals surface area contributed by atoms with Gasteiger partial charge >= 0.3 is 12.4 Å². The third-order valence-corrected chi connectivity index (χ3v) is 5.01. The molecule has 2 aromatic rings. The molecule has 0 unspecified atom stereocenters. The molecule has 152 valence electrons. The van der Waals surface area contributed by atoms with E-state index in [0.29, 0.717) is 12.1 Å². The van der Waals surface area contributed by atoms with Crippen LogP contribution in [0.1, 0.15) is 38.2 Å². The van der Waals surface area contributed by atoms with E-state index in [1.54, 1.807) is 0 Å². The molecule has 0 bridgehead atoms. The van der Waals surface area contributed by atoms with Gasteiger partial charge < -0.3 is 0 Å². The molecule has 0 aliphatic heterocycles. The summed E-state index contributed by atoms with van der Waals surface area (Å²) < 4.78 is 108. The molecule has 0 fully saturated rings. The van der Waals surface area contributed by atoms with Gasteiger partial charge in [0, 0.05) is 10.7 Å². The van der Waals surface area contributed by atoms with Crippen LogP contribution in [0.4, 0.5) is 35.1 Å². The molecule has 2 rings (SSSR count). The summed E-state index contributed by atoms with van der Waals surface area (Å²) >= 11 is 5.52. The van der Waals surface area contributed by atoms with Crippen molar-refractivity contribution in [1.82, 2.24) is 0 Å². The number of alkyl halides is 8. The molecule has 28 heavy (non-hydrogen) atoms. The Morgan fingerprint density at radius 2 is 1.04 bits per heavy atom. The number of ketones is 1. The molecule has 0 amide bonds. The second-order valence-electron chi connectivity index (χ2n) is 5.51. The monoisotopic (exact) mass is 538 g/mol. The topological polar surface area (TPSA) is 17.1 Å². The van der Waals surface area contributed by atoms with Gasteiger partial charge in [-0.05, 0) is 23.3 Å². The van der Waals surface area contributed by atoms with E-state index in [1.807, 2.05) is 0 Å². The quantitative estimate of drug-likeness (QED) is 0.232. The first kappa shape index (κ1) is 22.8. The van der Waals surface area contributed by atoms with Gasteiger partial charge in [0.05, 0.1) is 22.3 Å². The zero-order chi connectivity index (χ0) is 21.4. The van der Waals surface area contributed by atoms with Crippen LogP contribution in [-0.4, -0.2) is 5.78 Å². The molecule has 0 aromatic heterocycles. The van der Waals surface area contributed by atoms with E-state index in [-0.39, 0.29) is 10.7 Å². The highest BCUT2D eigenvalue weighted by Crippen LogP contribution is 2.39. The SMILES string of the molecule is O=C(c1ccc(CBr)c(C(F)(F)F)c1F)c1ccc(CBr)c(C(F)(F)F)c1F. The third-order valence-electron chi connectivity index (χ3n) is 3.80. The fourth-order valence-corrected chi connectivity index (χ4v) is 3.50. The Morgan fingerprint density at radius 3 is 1.29 bits per heavy atom. The number of carbonyl (C=O) groups is 1. The zero-order valence-corrected chi connectivity index (χ0v) is 16.6. The Bertz CT molecular complexity index is 845. The highest BCUT2D eigenvalue weighted by Gasteiger charge is 2.41. The number of benzene rings is 2. The van der Waals surface area contributed by atoms with Crippen molar-refractivity contribution in [3.05, 3.63) is 69.3 Å². The lowest BCUT2D eigenvalue weighted by atomic mass is 9.94. The Hall–Kier alpha value is -1.49. The van der Waals surface area contributed by atoms with Gasteiger partial charge in [-0.15, -0.1) is 0 Å². The second kappa shape index (κ2) is 8.10. The van der Waals surface area contributed by atoms with Crippen LogP contribution in [0.5, 0.6) is 0 Å². The maximum atomic E-state index is 14.4. The molecule has 0 aliphatic carbocycles. The lowest BCUT2D eigenvalue weighted by Crippen LogP contribution is -2.19. The first-order valence-corrected chi connectivity index (χ1v) is 9.52. The summed E-state index contributed by atoms with van der Waals surface area (Å²) in [6.45, 7) is 0. The molecule has 0 saturated carbocycles. The Morgan fingerprint density at radius 1 is 0.714 bits per heavy atom. The second-order valence-corrected chi connectivity index (χ2v) is 6.64. The maximum Gasteiger partial charge on any atom is 0.419 e. The van der Waals surface area contributed by atoms with Crippen LogP contribution in [0.3, 0.4) is 0 Å². The normalized spacial score (nSPS) is 12.4. The molecule has 0 aliphatic rings. The molecule has 0 spiro atoms. The van der Waals surface area contributed by atoms with Gasteiger partial charge in [-0.2, -0.15) is 26.3 Å². The molecule has 11 heteroatoms. The summed E-state index contributed by atoms with van der Waals surface area (Å²) in [4.78, 5) is 12.4. The molecule has 1 nitrogen and oxygen atoms in total. The molecular weight excluding hydrogens is 532 g/mol. The number of hydrogen-bond acceptors (Lipinski definition) is 1. The van der Waals surface area contributed by atoms with Crippen molar-refractivity contribution in [3.8, 4) is 0 Å². The summed E-state index contributed by atoms with van der Waals surface area (Å²) in [6, 6.07) is 2.94. The van der Waals surface area contributed by atoms with Crippen LogP contribution in [0.15, 0.2) is 24.3 Å². The predicted molar refractivity (Wildman–Crippen MR) is 91.5 cm³/mol. The van der Waals surface area contributed by atoms with Crippen molar-refractivity contribution in [3.63, 3.8) is 0 Å². The lowest BCUT2D eigenvalue weighted by molar-refractivity contribution is -0.141. The van der Waals surface area contributed by atoms with Crippen molar-refractivity contribution in [2.45, 2.75) is 23.0 Å². The summed E-state index contributed by atoms with van der Waals surface area (Å²) in [5.74, 6) is -5.59. The molecular formula is C17H8Br2F8O. The summed E-state index contributed by atoms with van der Waals surface area (Å²) in [7, 11) is 0. The van der Waals surface area contributed by atoms with Crippen molar-refractivity contribution in [2.75, 3.05) is 0 Å². The van der Waals surface area contributed by atoms with E-state index in [1.165, 1.54) is 0 Å². The van der Waals surface area contributed by atoms with Gasteiger partial charge in [-0.3, -0.25) is 4.79 Å². The Kier molecular flexibility index (Phi) is 6.59. The van der Waals surface area contributed by atoms with E-state index >= 15 is 0 Å². The molecule has 2 aromatic carbocycles. The van der Waals surface area contributed by atoms with Gasteiger partial charge in [-0.1, -0.05) is 44.0 Å². The van der Waals surface area contributed by atoms with Crippen molar-refractivity contribution < 1.29 is 39.9 Å². The van der Waals surface area contributed by atoms with Gasteiger partial charge in [-0.25, -0.2) is 8.78 Å². The van der Waals surface area contributed by atoms with Crippen LogP contribution in [0.25, 0.3) is 0 Å². The van der Waals surface area contributed by atoms with E-state index in [4.69, 9.17) is 0 Å². The Balaban J connectivity index is 2.72. The van der Waals surface area contributed by atoms with Gasteiger partial charge in [0.25, 0.3) is 0 Å². The minimum Gasteiger partial charge on any atom is -0.288 e. The fourth-order valence-electron chi connectivity index (χ4n) is 2.56. The summed E-state index contributed by atoms with van der Waals surface area (Å²) in [6.07, 6.45) is -10.3. The van der Waals surface area contributed by atoms with Gasteiger partial charge in [0.15, 0.2) is 5.78 Å². The molecule has 0 N–H and O–H groups in total.